The standard InChI is InChI=1S/C17H19NO5S2/c1-3-23-15(20)5-4-8-18-16(21)14(25-17(18)24)10-11-6-7-12(19)13(9-11)22-2/h6-7,9-10,19H,3-5,8H2,1-2H3/b14-10-. The minimum absolute atomic E-state index is 0.0335. The van der Waals surface area contributed by atoms with Crippen LogP contribution >= 0.6 is 24.0 Å². The van der Waals surface area contributed by atoms with E-state index in [-0.39, 0.29) is 24.0 Å². The van der Waals surface area contributed by atoms with Gasteiger partial charge in [0, 0.05) is 13.0 Å². The first kappa shape index (κ1) is 19.3. The van der Waals surface area contributed by atoms with Gasteiger partial charge in [-0.15, -0.1) is 0 Å². The van der Waals surface area contributed by atoms with E-state index in [0.717, 1.165) is 5.56 Å². The number of thioether (sulfide) groups is 1. The Morgan fingerprint density at radius 1 is 1.44 bits per heavy atom. The Hall–Kier alpha value is -2.06. The van der Waals surface area contributed by atoms with Gasteiger partial charge in [-0.05, 0) is 37.1 Å². The molecule has 0 aliphatic carbocycles. The zero-order chi connectivity index (χ0) is 18.4. The zero-order valence-corrected chi connectivity index (χ0v) is 15.6. The van der Waals surface area contributed by atoms with Crippen molar-refractivity contribution in [2.24, 2.45) is 0 Å². The number of ether oxygens (including phenoxy) is 2. The summed E-state index contributed by atoms with van der Waals surface area (Å²) in [5.41, 5.74) is 0.724. The third-order valence-corrected chi connectivity index (χ3v) is 4.82. The minimum Gasteiger partial charge on any atom is -0.504 e. The molecule has 134 valence electrons. The molecule has 1 fully saturated rings. The SMILES string of the molecule is CCOC(=O)CCCN1C(=O)/C(=C/c2ccc(O)c(OC)c2)SC1=S. The summed E-state index contributed by atoms with van der Waals surface area (Å²) in [5, 5.41) is 9.63. The normalized spacial score (nSPS) is 15.8. The predicted molar refractivity (Wildman–Crippen MR) is 100 cm³/mol. The van der Waals surface area contributed by atoms with Crippen molar-refractivity contribution < 1.29 is 24.2 Å². The molecular weight excluding hydrogens is 362 g/mol. The summed E-state index contributed by atoms with van der Waals surface area (Å²) < 4.78 is 10.4. The summed E-state index contributed by atoms with van der Waals surface area (Å²) in [5.74, 6) is -0.101. The first-order valence-corrected chi connectivity index (χ1v) is 8.96. The number of hydrogen-bond acceptors (Lipinski definition) is 7. The van der Waals surface area contributed by atoms with Gasteiger partial charge < -0.3 is 14.6 Å². The quantitative estimate of drug-likeness (QED) is 0.442. The molecule has 0 saturated carbocycles. The number of phenolic OH excluding ortho intramolecular Hbond substituents is 1. The minimum atomic E-state index is -0.278. The first-order chi connectivity index (χ1) is 12.0. The summed E-state index contributed by atoms with van der Waals surface area (Å²) >= 11 is 6.47. The molecule has 0 bridgehead atoms. The van der Waals surface area contributed by atoms with Crippen molar-refractivity contribution in [1.29, 1.82) is 0 Å². The van der Waals surface area contributed by atoms with E-state index in [4.69, 9.17) is 21.7 Å². The molecule has 1 N–H and O–H groups in total. The molecule has 1 amide bonds. The highest BCUT2D eigenvalue weighted by Gasteiger charge is 2.31. The number of hydrogen-bond donors (Lipinski definition) is 1. The Kier molecular flexibility index (Phi) is 6.83. The van der Waals surface area contributed by atoms with Crippen LogP contribution in [-0.2, 0) is 14.3 Å². The number of nitrogens with zero attached hydrogens (tertiary/aromatic N) is 1. The number of amides is 1. The van der Waals surface area contributed by atoms with Crippen molar-refractivity contribution in [2.75, 3.05) is 20.3 Å². The number of carbonyl (C=O) groups is 2. The van der Waals surface area contributed by atoms with Gasteiger partial charge >= 0.3 is 5.97 Å². The second kappa shape index (κ2) is 8.87. The Labute approximate surface area is 155 Å². The van der Waals surface area contributed by atoms with Gasteiger partial charge in [-0.2, -0.15) is 0 Å². The fourth-order valence-electron chi connectivity index (χ4n) is 2.24. The largest absolute Gasteiger partial charge is 0.504 e. The molecule has 1 saturated heterocycles. The molecule has 1 heterocycles. The second-order valence-corrected chi connectivity index (χ2v) is 6.85. The third kappa shape index (κ3) is 4.96. The van der Waals surface area contributed by atoms with Crippen LogP contribution in [0, 0.1) is 0 Å². The fourth-order valence-corrected chi connectivity index (χ4v) is 3.55. The van der Waals surface area contributed by atoms with Gasteiger partial charge in [0.15, 0.2) is 11.5 Å². The zero-order valence-electron chi connectivity index (χ0n) is 14.0. The van der Waals surface area contributed by atoms with Crippen LogP contribution in [0.1, 0.15) is 25.3 Å². The van der Waals surface area contributed by atoms with Crippen LogP contribution in [0.4, 0.5) is 0 Å². The molecule has 0 atom stereocenters. The number of aromatic hydroxyl groups is 1. The molecule has 6 nitrogen and oxygen atoms in total. The highest BCUT2D eigenvalue weighted by Crippen LogP contribution is 2.34. The topological polar surface area (TPSA) is 76.1 Å². The average molecular weight is 381 g/mol. The van der Waals surface area contributed by atoms with Crippen LogP contribution in [-0.4, -0.2) is 46.5 Å². The van der Waals surface area contributed by atoms with Crippen LogP contribution in [0.3, 0.4) is 0 Å². The summed E-state index contributed by atoms with van der Waals surface area (Å²) in [4.78, 5) is 25.8. The van der Waals surface area contributed by atoms with Crippen molar-refractivity contribution in [2.45, 2.75) is 19.8 Å². The molecule has 1 aliphatic rings. The lowest BCUT2D eigenvalue weighted by Gasteiger charge is -2.13. The lowest BCUT2D eigenvalue weighted by atomic mass is 10.2. The van der Waals surface area contributed by atoms with Crippen molar-refractivity contribution in [3.63, 3.8) is 0 Å². The molecule has 1 aromatic carbocycles. The number of esters is 1. The maximum Gasteiger partial charge on any atom is 0.305 e. The molecule has 2 rings (SSSR count). The summed E-state index contributed by atoms with van der Waals surface area (Å²) in [6, 6.07) is 4.83. The van der Waals surface area contributed by atoms with Gasteiger partial charge in [0.1, 0.15) is 4.32 Å². The van der Waals surface area contributed by atoms with Crippen LogP contribution in [0.15, 0.2) is 23.1 Å². The lowest BCUT2D eigenvalue weighted by Crippen LogP contribution is -2.29. The molecule has 1 aliphatic heterocycles. The predicted octanol–water partition coefficient (Wildman–Crippen LogP) is 2.95. The van der Waals surface area contributed by atoms with Crippen molar-refractivity contribution in [1.82, 2.24) is 4.90 Å². The smallest absolute Gasteiger partial charge is 0.305 e. The Bertz CT molecular complexity index is 717. The van der Waals surface area contributed by atoms with Gasteiger partial charge in [0.05, 0.1) is 18.6 Å². The van der Waals surface area contributed by atoms with Gasteiger partial charge in [0.2, 0.25) is 0 Å². The summed E-state index contributed by atoms with van der Waals surface area (Å²) in [6.45, 7) is 2.47. The third-order valence-electron chi connectivity index (χ3n) is 3.44. The number of methoxy groups -OCH3 is 1. The Balaban J connectivity index is 2.03. The monoisotopic (exact) mass is 381 g/mol. The number of benzene rings is 1. The molecule has 1 aromatic rings. The average Bonchev–Trinajstić information content (AvgIpc) is 2.84. The number of thiocarbonyl (C=S) groups is 1. The summed E-state index contributed by atoms with van der Waals surface area (Å²) in [7, 11) is 1.46. The maximum absolute atomic E-state index is 12.5. The summed E-state index contributed by atoms with van der Waals surface area (Å²) in [6.07, 6.45) is 2.44. The lowest BCUT2D eigenvalue weighted by molar-refractivity contribution is -0.143. The van der Waals surface area contributed by atoms with Crippen LogP contribution in [0.5, 0.6) is 11.5 Å². The second-order valence-electron chi connectivity index (χ2n) is 5.17. The maximum atomic E-state index is 12.5. The molecule has 0 unspecified atom stereocenters. The molecule has 0 aromatic heterocycles. The van der Waals surface area contributed by atoms with E-state index >= 15 is 0 Å². The highest BCUT2D eigenvalue weighted by molar-refractivity contribution is 8.26. The van der Waals surface area contributed by atoms with Crippen LogP contribution in [0.2, 0.25) is 0 Å². The molecule has 8 heteroatoms. The van der Waals surface area contributed by atoms with E-state index in [1.54, 1.807) is 25.1 Å². The van der Waals surface area contributed by atoms with Gasteiger partial charge in [-0.3, -0.25) is 14.5 Å². The van der Waals surface area contributed by atoms with Gasteiger partial charge in [-0.1, -0.05) is 30.0 Å². The van der Waals surface area contributed by atoms with Crippen molar-refractivity contribution >= 4 is 46.3 Å². The number of carbonyl (C=O) groups excluding carboxylic acids is 2. The number of rotatable bonds is 7. The van der Waals surface area contributed by atoms with E-state index in [9.17, 15) is 14.7 Å². The van der Waals surface area contributed by atoms with Crippen molar-refractivity contribution in [3.8, 4) is 11.5 Å². The Morgan fingerprint density at radius 2 is 2.20 bits per heavy atom. The van der Waals surface area contributed by atoms with Gasteiger partial charge in [-0.25, -0.2) is 0 Å². The van der Waals surface area contributed by atoms with E-state index < -0.39 is 0 Å². The van der Waals surface area contributed by atoms with E-state index in [2.05, 4.69) is 0 Å². The Morgan fingerprint density at radius 3 is 2.88 bits per heavy atom. The van der Waals surface area contributed by atoms with E-state index in [0.29, 0.717) is 34.5 Å². The van der Waals surface area contributed by atoms with Crippen LogP contribution < -0.4 is 4.74 Å². The van der Waals surface area contributed by atoms with E-state index in [1.165, 1.54) is 29.8 Å². The van der Waals surface area contributed by atoms with Gasteiger partial charge in [0.25, 0.3) is 5.91 Å². The first-order valence-electron chi connectivity index (χ1n) is 7.74. The fraction of sp³-hybridized carbons (Fsp3) is 0.353. The number of phenols is 1. The van der Waals surface area contributed by atoms with E-state index in [1.807, 2.05) is 0 Å². The molecular formula is C17H19NO5S2. The molecule has 0 spiro atoms. The van der Waals surface area contributed by atoms with Crippen molar-refractivity contribution in [3.05, 3.63) is 28.7 Å². The highest BCUT2D eigenvalue weighted by atomic mass is 32.2. The van der Waals surface area contributed by atoms with Crippen LogP contribution in [0.25, 0.3) is 6.08 Å². The molecule has 25 heavy (non-hydrogen) atoms. The molecule has 0 radical (unpaired) electrons.